The number of carbonyl (C=O) groups excluding carboxylic acids is 1. The lowest BCUT2D eigenvalue weighted by atomic mass is 10.1. The molecule has 0 atom stereocenters. The fraction of sp³-hybridized carbons (Fsp3) is 0.0714. The van der Waals surface area contributed by atoms with Gasteiger partial charge in [-0.25, -0.2) is 8.78 Å². The zero-order valence-electron chi connectivity index (χ0n) is 10.5. The maximum absolute atomic E-state index is 13.4. The summed E-state index contributed by atoms with van der Waals surface area (Å²) in [4.78, 5) is 12.0. The van der Waals surface area contributed by atoms with Gasteiger partial charge in [0.15, 0.2) is 11.6 Å². The average molecular weight is 279 g/mol. The van der Waals surface area contributed by atoms with Gasteiger partial charge in [-0.05, 0) is 30.3 Å². The van der Waals surface area contributed by atoms with E-state index in [9.17, 15) is 18.7 Å². The lowest BCUT2D eigenvalue weighted by Gasteiger charge is -2.09. The van der Waals surface area contributed by atoms with Crippen molar-refractivity contribution in [3.8, 4) is 11.5 Å². The van der Waals surface area contributed by atoms with Crippen molar-refractivity contribution in [1.29, 1.82) is 0 Å². The second kappa shape index (κ2) is 5.56. The summed E-state index contributed by atoms with van der Waals surface area (Å²) in [6, 6.07) is 7.45. The van der Waals surface area contributed by atoms with Gasteiger partial charge >= 0.3 is 0 Å². The molecule has 0 aliphatic heterocycles. The molecule has 0 saturated heterocycles. The lowest BCUT2D eigenvalue weighted by molar-refractivity contribution is 0.102. The Balaban J connectivity index is 2.30. The Hall–Kier alpha value is -2.63. The highest BCUT2D eigenvalue weighted by molar-refractivity contribution is 6.06. The second-order valence-electron chi connectivity index (χ2n) is 3.94. The van der Waals surface area contributed by atoms with Crippen LogP contribution in [0.5, 0.6) is 11.5 Å². The number of nitrogens with one attached hydrogen (secondary N) is 1. The van der Waals surface area contributed by atoms with Gasteiger partial charge < -0.3 is 15.2 Å². The molecule has 20 heavy (non-hydrogen) atoms. The van der Waals surface area contributed by atoms with E-state index in [-0.39, 0.29) is 17.0 Å². The van der Waals surface area contributed by atoms with Gasteiger partial charge in [-0.3, -0.25) is 4.79 Å². The molecule has 2 aromatic carbocycles. The van der Waals surface area contributed by atoms with E-state index >= 15 is 0 Å². The lowest BCUT2D eigenvalue weighted by Crippen LogP contribution is -2.13. The molecule has 2 N–H and O–H groups in total. The van der Waals surface area contributed by atoms with Crippen molar-refractivity contribution in [2.75, 3.05) is 12.4 Å². The van der Waals surface area contributed by atoms with Crippen LogP contribution < -0.4 is 10.1 Å². The molecule has 0 spiro atoms. The zero-order valence-corrected chi connectivity index (χ0v) is 10.5. The summed E-state index contributed by atoms with van der Waals surface area (Å²) in [7, 11) is 1.40. The number of ether oxygens (including phenoxy) is 1. The third-order valence-corrected chi connectivity index (χ3v) is 2.65. The van der Waals surface area contributed by atoms with Gasteiger partial charge in [-0.1, -0.05) is 6.07 Å². The number of hydrogen-bond donors (Lipinski definition) is 2. The molecular weight excluding hydrogens is 268 g/mol. The number of carbonyl (C=O) groups is 1. The van der Waals surface area contributed by atoms with Crippen LogP contribution in [0, 0.1) is 11.6 Å². The number of phenols is 1. The van der Waals surface area contributed by atoms with Crippen molar-refractivity contribution in [2.24, 2.45) is 0 Å². The van der Waals surface area contributed by atoms with Crippen molar-refractivity contribution in [2.45, 2.75) is 0 Å². The van der Waals surface area contributed by atoms with E-state index in [0.717, 1.165) is 6.07 Å². The van der Waals surface area contributed by atoms with Crippen molar-refractivity contribution >= 4 is 11.6 Å². The van der Waals surface area contributed by atoms with Crippen molar-refractivity contribution in [3.05, 3.63) is 53.6 Å². The zero-order chi connectivity index (χ0) is 14.7. The Morgan fingerprint density at radius 2 is 2.00 bits per heavy atom. The van der Waals surface area contributed by atoms with Crippen LogP contribution in [0.25, 0.3) is 0 Å². The molecule has 0 radical (unpaired) electrons. The van der Waals surface area contributed by atoms with Gasteiger partial charge in [-0.15, -0.1) is 0 Å². The Morgan fingerprint density at radius 1 is 1.25 bits per heavy atom. The highest BCUT2D eigenvalue weighted by Crippen LogP contribution is 2.25. The van der Waals surface area contributed by atoms with Crippen LogP contribution >= 0.6 is 0 Å². The van der Waals surface area contributed by atoms with Crippen LogP contribution in [0.2, 0.25) is 0 Å². The quantitative estimate of drug-likeness (QED) is 0.908. The minimum absolute atomic E-state index is 0.104. The molecule has 4 nitrogen and oxygen atoms in total. The first-order chi connectivity index (χ1) is 9.52. The summed E-state index contributed by atoms with van der Waals surface area (Å²) < 4.78 is 31.4. The summed E-state index contributed by atoms with van der Waals surface area (Å²) in [5.74, 6) is -2.94. The van der Waals surface area contributed by atoms with Gasteiger partial charge in [0, 0.05) is 0 Å². The van der Waals surface area contributed by atoms with E-state index in [4.69, 9.17) is 4.74 Å². The summed E-state index contributed by atoms with van der Waals surface area (Å²) in [6.07, 6.45) is 0. The largest absolute Gasteiger partial charge is 0.507 e. The fourth-order valence-electron chi connectivity index (χ4n) is 1.61. The van der Waals surface area contributed by atoms with E-state index < -0.39 is 17.5 Å². The van der Waals surface area contributed by atoms with E-state index in [0.29, 0.717) is 5.75 Å². The Labute approximate surface area is 113 Å². The third kappa shape index (κ3) is 2.69. The molecule has 0 heterocycles. The number of hydrogen-bond acceptors (Lipinski definition) is 3. The topological polar surface area (TPSA) is 58.6 Å². The number of aromatic hydroxyl groups is 1. The molecule has 104 valence electrons. The molecular formula is C14H11F2NO3. The molecule has 0 unspecified atom stereocenters. The average Bonchev–Trinajstić information content (AvgIpc) is 2.44. The van der Waals surface area contributed by atoms with Gasteiger partial charge in [-0.2, -0.15) is 0 Å². The molecule has 0 fully saturated rings. The Bertz CT molecular complexity index is 659. The monoisotopic (exact) mass is 279 g/mol. The van der Waals surface area contributed by atoms with Crippen LogP contribution in [-0.2, 0) is 0 Å². The number of methoxy groups -OCH3 is 1. The summed E-state index contributed by atoms with van der Waals surface area (Å²) >= 11 is 0. The first-order valence-electron chi connectivity index (χ1n) is 5.65. The molecule has 0 aliphatic carbocycles. The number of halogens is 2. The van der Waals surface area contributed by atoms with Crippen molar-refractivity contribution < 1.29 is 23.4 Å². The van der Waals surface area contributed by atoms with Gasteiger partial charge in [0.25, 0.3) is 5.91 Å². The molecule has 6 heteroatoms. The normalized spacial score (nSPS) is 10.2. The molecule has 2 aromatic rings. The Kier molecular flexibility index (Phi) is 3.84. The van der Waals surface area contributed by atoms with Crippen LogP contribution in [0.3, 0.4) is 0 Å². The molecule has 0 aromatic heterocycles. The maximum atomic E-state index is 13.4. The first-order valence-corrected chi connectivity index (χ1v) is 5.65. The van der Waals surface area contributed by atoms with E-state index in [1.165, 1.54) is 37.4 Å². The number of anilines is 1. The van der Waals surface area contributed by atoms with Crippen LogP contribution in [-0.4, -0.2) is 18.1 Å². The van der Waals surface area contributed by atoms with E-state index in [1.807, 2.05) is 0 Å². The molecule has 0 saturated carbocycles. The second-order valence-corrected chi connectivity index (χ2v) is 3.94. The number of phenolic OH excluding ortho intramolecular Hbond substituents is 1. The van der Waals surface area contributed by atoms with Crippen LogP contribution in [0.1, 0.15) is 10.4 Å². The predicted octanol–water partition coefficient (Wildman–Crippen LogP) is 2.93. The predicted molar refractivity (Wildman–Crippen MR) is 69.0 cm³/mol. The SMILES string of the molecule is COc1ccc(O)c(C(=O)Nc2cccc(F)c2F)c1. The molecule has 0 bridgehead atoms. The number of benzene rings is 2. The third-order valence-electron chi connectivity index (χ3n) is 2.65. The van der Waals surface area contributed by atoms with E-state index in [1.54, 1.807) is 0 Å². The molecule has 1 amide bonds. The minimum Gasteiger partial charge on any atom is -0.507 e. The minimum atomic E-state index is -1.16. The standard InChI is InChI=1S/C14H11F2NO3/c1-20-8-5-6-12(18)9(7-8)14(19)17-11-4-2-3-10(15)13(11)16/h2-7,18H,1H3,(H,17,19). The van der Waals surface area contributed by atoms with Crippen LogP contribution in [0.4, 0.5) is 14.5 Å². The van der Waals surface area contributed by atoms with Crippen LogP contribution in [0.15, 0.2) is 36.4 Å². The van der Waals surface area contributed by atoms with Crippen molar-refractivity contribution in [1.82, 2.24) is 0 Å². The smallest absolute Gasteiger partial charge is 0.259 e. The van der Waals surface area contributed by atoms with Gasteiger partial charge in [0.05, 0.1) is 18.4 Å². The highest BCUT2D eigenvalue weighted by Gasteiger charge is 2.15. The first kappa shape index (κ1) is 13.8. The fourth-order valence-corrected chi connectivity index (χ4v) is 1.61. The molecule has 2 rings (SSSR count). The van der Waals surface area contributed by atoms with E-state index in [2.05, 4.69) is 5.32 Å². The summed E-state index contributed by atoms with van der Waals surface area (Å²) in [5.41, 5.74) is -0.412. The summed E-state index contributed by atoms with van der Waals surface area (Å²) in [5, 5.41) is 11.8. The Morgan fingerprint density at radius 3 is 2.70 bits per heavy atom. The number of rotatable bonds is 3. The van der Waals surface area contributed by atoms with Gasteiger partial charge in [0.1, 0.15) is 11.5 Å². The molecule has 0 aliphatic rings. The van der Waals surface area contributed by atoms with Gasteiger partial charge in [0.2, 0.25) is 0 Å². The highest BCUT2D eigenvalue weighted by atomic mass is 19.2. The number of amides is 1. The maximum Gasteiger partial charge on any atom is 0.259 e. The van der Waals surface area contributed by atoms with Crippen molar-refractivity contribution in [3.63, 3.8) is 0 Å². The summed E-state index contributed by atoms with van der Waals surface area (Å²) in [6.45, 7) is 0.